The van der Waals surface area contributed by atoms with Crippen LogP contribution < -0.4 is 11.2 Å². The molecule has 1 aliphatic heterocycles. The molecule has 0 unspecified atom stereocenters. The van der Waals surface area contributed by atoms with E-state index in [1.165, 1.54) is 6.33 Å². The summed E-state index contributed by atoms with van der Waals surface area (Å²) in [5.41, 5.74) is 10.0. The Morgan fingerprint density at radius 2 is 2.19 bits per heavy atom. The highest BCUT2D eigenvalue weighted by Gasteiger charge is 2.13. The van der Waals surface area contributed by atoms with E-state index in [1.54, 1.807) is 0 Å². The number of hydrazine groups is 1. The molecule has 0 aromatic carbocycles. The summed E-state index contributed by atoms with van der Waals surface area (Å²) in [6.45, 7) is 5.24. The molecule has 1 aromatic heterocycles. The second-order valence-electron chi connectivity index (χ2n) is 3.65. The van der Waals surface area contributed by atoms with Gasteiger partial charge in [-0.25, -0.2) is 15.0 Å². The van der Waals surface area contributed by atoms with Crippen molar-refractivity contribution in [1.82, 2.24) is 15.0 Å². The predicted molar refractivity (Wildman–Crippen MR) is 61.8 cm³/mol. The van der Waals surface area contributed by atoms with Gasteiger partial charge in [0.1, 0.15) is 18.0 Å². The van der Waals surface area contributed by atoms with Crippen LogP contribution in [-0.4, -0.2) is 41.3 Å². The number of ether oxygens (including phenoxy) is 1. The fraction of sp³-hybridized carbons (Fsp3) is 0.600. The minimum Gasteiger partial charge on any atom is -0.383 e. The summed E-state index contributed by atoms with van der Waals surface area (Å²) in [7, 11) is 0. The quantitative estimate of drug-likeness (QED) is 0.766. The van der Waals surface area contributed by atoms with E-state index < -0.39 is 0 Å². The Morgan fingerprint density at radius 1 is 1.44 bits per heavy atom. The molecule has 1 aliphatic rings. The van der Waals surface area contributed by atoms with Gasteiger partial charge in [-0.3, -0.25) is 0 Å². The van der Waals surface area contributed by atoms with Gasteiger partial charge in [-0.15, -0.1) is 0 Å². The van der Waals surface area contributed by atoms with Crippen LogP contribution in [0, 0.1) is 0 Å². The van der Waals surface area contributed by atoms with Crippen molar-refractivity contribution >= 4 is 11.6 Å². The molecule has 0 bridgehead atoms. The van der Waals surface area contributed by atoms with Crippen LogP contribution in [0.4, 0.5) is 11.6 Å². The van der Waals surface area contributed by atoms with Crippen LogP contribution in [-0.2, 0) is 11.2 Å². The second kappa shape index (κ2) is 5.09. The van der Waals surface area contributed by atoms with Crippen molar-refractivity contribution in [1.29, 1.82) is 0 Å². The Hall–Kier alpha value is -1.40. The molecule has 0 spiro atoms. The summed E-state index contributed by atoms with van der Waals surface area (Å²) in [4.78, 5) is 8.21. The van der Waals surface area contributed by atoms with E-state index in [2.05, 4.69) is 20.4 Å². The molecular weight excluding hydrogens is 206 g/mol. The van der Waals surface area contributed by atoms with Gasteiger partial charge in [0, 0.05) is 18.7 Å². The fourth-order valence-electron chi connectivity index (χ4n) is 1.70. The minimum absolute atomic E-state index is 0.549. The van der Waals surface area contributed by atoms with Gasteiger partial charge < -0.3 is 15.9 Å². The number of hydrogen-bond acceptors (Lipinski definition) is 6. The fourth-order valence-corrected chi connectivity index (χ4v) is 1.70. The molecule has 1 saturated heterocycles. The third-order valence-corrected chi connectivity index (χ3v) is 2.61. The third-order valence-electron chi connectivity index (χ3n) is 2.61. The first kappa shape index (κ1) is 11.1. The van der Waals surface area contributed by atoms with E-state index in [4.69, 9.17) is 10.5 Å². The van der Waals surface area contributed by atoms with Crippen LogP contribution in [0.5, 0.6) is 0 Å². The molecule has 6 heteroatoms. The average molecular weight is 223 g/mol. The van der Waals surface area contributed by atoms with Gasteiger partial charge in [0.15, 0.2) is 0 Å². The van der Waals surface area contributed by atoms with Crippen LogP contribution in [0.3, 0.4) is 0 Å². The van der Waals surface area contributed by atoms with Gasteiger partial charge in [-0.2, -0.15) is 0 Å². The second-order valence-corrected chi connectivity index (χ2v) is 3.65. The zero-order chi connectivity index (χ0) is 11.4. The first-order valence-corrected chi connectivity index (χ1v) is 5.50. The number of nitrogens with two attached hydrogens (primary N) is 1. The number of nitrogen functional groups attached to an aromatic ring is 1. The number of anilines is 2. The number of nitrogens with zero attached hydrogens (tertiary/aromatic N) is 3. The van der Waals surface area contributed by atoms with Crippen LogP contribution >= 0.6 is 0 Å². The van der Waals surface area contributed by atoms with Gasteiger partial charge >= 0.3 is 0 Å². The van der Waals surface area contributed by atoms with E-state index in [9.17, 15) is 0 Å². The molecule has 0 amide bonds. The highest BCUT2D eigenvalue weighted by molar-refractivity contribution is 5.54. The SMILES string of the molecule is CCc1c(N)ncnc1NN1CCOCC1. The van der Waals surface area contributed by atoms with Crippen molar-refractivity contribution in [3.05, 3.63) is 11.9 Å². The summed E-state index contributed by atoms with van der Waals surface area (Å²) in [6.07, 6.45) is 2.30. The summed E-state index contributed by atoms with van der Waals surface area (Å²) < 4.78 is 5.28. The Morgan fingerprint density at radius 3 is 2.88 bits per heavy atom. The Bertz CT molecular complexity index is 351. The largest absolute Gasteiger partial charge is 0.383 e. The monoisotopic (exact) mass is 223 g/mol. The lowest BCUT2D eigenvalue weighted by atomic mass is 10.2. The summed E-state index contributed by atoms with van der Waals surface area (Å²) in [6, 6.07) is 0. The lowest BCUT2D eigenvalue weighted by Gasteiger charge is -2.28. The zero-order valence-electron chi connectivity index (χ0n) is 9.44. The zero-order valence-corrected chi connectivity index (χ0v) is 9.44. The Balaban J connectivity index is 2.10. The molecule has 1 aromatic rings. The van der Waals surface area contributed by atoms with Crippen molar-refractivity contribution in [2.24, 2.45) is 0 Å². The molecule has 0 atom stereocenters. The van der Waals surface area contributed by atoms with Crippen LogP contribution in [0.2, 0.25) is 0 Å². The molecule has 0 radical (unpaired) electrons. The highest BCUT2D eigenvalue weighted by atomic mass is 16.5. The maximum atomic E-state index is 5.80. The topological polar surface area (TPSA) is 76.3 Å². The predicted octanol–water partition coefficient (Wildman–Crippen LogP) is 0.280. The van der Waals surface area contributed by atoms with E-state index in [1.807, 2.05) is 6.92 Å². The van der Waals surface area contributed by atoms with Crippen molar-refractivity contribution in [3.63, 3.8) is 0 Å². The summed E-state index contributed by atoms with van der Waals surface area (Å²) in [5, 5.41) is 2.09. The maximum absolute atomic E-state index is 5.80. The third kappa shape index (κ3) is 2.40. The first-order chi connectivity index (χ1) is 7.81. The number of hydrogen-bond donors (Lipinski definition) is 2. The number of morpholine rings is 1. The molecule has 0 saturated carbocycles. The summed E-state index contributed by atoms with van der Waals surface area (Å²) in [5.74, 6) is 1.35. The molecule has 0 aliphatic carbocycles. The van der Waals surface area contributed by atoms with Gasteiger partial charge in [-0.1, -0.05) is 6.92 Å². The number of rotatable bonds is 3. The van der Waals surface area contributed by atoms with Gasteiger partial charge in [0.05, 0.1) is 13.2 Å². The molecular formula is C10H17N5O. The highest BCUT2D eigenvalue weighted by Crippen LogP contribution is 2.18. The molecule has 2 rings (SSSR count). The summed E-state index contributed by atoms with van der Waals surface area (Å²) >= 11 is 0. The van der Waals surface area contributed by atoms with E-state index in [0.717, 1.165) is 44.1 Å². The van der Waals surface area contributed by atoms with Crippen LogP contribution in [0.1, 0.15) is 12.5 Å². The van der Waals surface area contributed by atoms with E-state index in [0.29, 0.717) is 5.82 Å². The first-order valence-electron chi connectivity index (χ1n) is 5.50. The molecule has 88 valence electrons. The smallest absolute Gasteiger partial charge is 0.149 e. The van der Waals surface area contributed by atoms with Gasteiger partial charge in [0.2, 0.25) is 0 Å². The van der Waals surface area contributed by atoms with Gasteiger partial charge in [0.25, 0.3) is 0 Å². The average Bonchev–Trinajstić information content (AvgIpc) is 2.31. The molecule has 6 nitrogen and oxygen atoms in total. The van der Waals surface area contributed by atoms with Crippen LogP contribution in [0.15, 0.2) is 6.33 Å². The Kier molecular flexibility index (Phi) is 3.53. The van der Waals surface area contributed by atoms with E-state index in [-0.39, 0.29) is 0 Å². The molecule has 3 N–H and O–H groups in total. The lowest BCUT2D eigenvalue weighted by molar-refractivity contribution is 0.0494. The molecule has 1 fully saturated rings. The standard InChI is InChI=1S/C10H17N5O/c1-2-8-9(11)12-7-13-10(8)14-15-3-5-16-6-4-15/h7H,2-6H2,1H3,(H3,11,12,13,14). The normalized spacial score (nSPS) is 17.3. The van der Waals surface area contributed by atoms with Crippen molar-refractivity contribution in [2.75, 3.05) is 37.5 Å². The maximum Gasteiger partial charge on any atom is 0.149 e. The van der Waals surface area contributed by atoms with Crippen LogP contribution in [0.25, 0.3) is 0 Å². The lowest BCUT2D eigenvalue weighted by Crippen LogP contribution is -2.40. The van der Waals surface area contributed by atoms with Crippen molar-refractivity contribution in [3.8, 4) is 0 Å². The molecule has 16 heavy (non-hydrogen) atoms. The number of aromatic nitrogens is 2. The van der Waals surface area contributed by atoms with Crippen molar-refractivity contribution in [2.45, 2.75) is 13.3 Å². The van der Waals surface area contributed by atoms with E-state index >= 15 is 0 Å². The minimum atomic E-state index is 0.549. The number of nitrogens with one attached hydrogen (secondary N) is 1. The Labute approximate surface area is 94.8 Å². The van der Waals surface area contributed by atoms with Crippen molar-refractivity contribution < 1.29 is 4.74 Å². The van der Waals surface area contributed by atoms with Gasteiger partial charge in [-0.05, 0) is 6.42 Å². The molecule has 2 heterocycles.